The minimum atomic E-state index is -0.499. The number of carbonyl (C=O) groups excluding carboxylic acids is 1. The number of halogens is 1. The number of amides is 1. The Morgan fingerprint density at radius 3 is 2.67 bits per heavy atom. The molecule has 3 aliphatic rings. The zero-order valence-electron chi connectivity index (χ0n) is 25.0. The van der Waals surface area contributed by atoms with Gasteiger partial charge in [-0.25, -0.2) is 14.4 Å². The van der Waals surface area contributed by atoms with Crippen LogP contribution in [0.4, 0.5) is 10.2 Å². The summed E-state index contributed by atoms with van der Waals surface area (Å²) in [5, 5.41) is 3.41. The summed E-state index contributed by atoms with van der Waals surface area (Å²) in [6, 6.07) is 5.97. The van der Waals surface area contributed by atoms with Gasteiger partial charge in [0, 0.05) is 82.1 Å². The average molecular weight is 591 g/mol. The van der Waals surface area contributed by atoms with Gasteiger partial charge in [0.1, 0.15) is 29.7 Å². The van der Waals surface area contributed by atoms with Crippen LogP contribution in [0.1, 0.15) is 61.1 Å². The van der Waals surface area contributed by atoms with E-state index in [0.717, 1.165) is 62.2 Å². The maximum Gasteiger partial charge on any atom is 0.258 e. The van der Waals surface area contributed by atoms with E-state index in [1.54, 1.807) is 18.2 Å². The first-order valence-corrected chi connectivity index (χ1v) is 15.1. The molecule has 1 aliphatic carbocycles. The van der Waals surface area contributed by atoms with Crippen molar-refractivity contribution in [2.24, 2.45) is 0 Å². The highest BCUT2D eigenvalue weighted by atomic mass is 19.1. The highest BCUT2D eigenvalue weighted by Crippen LogP contribution is 2.36. The van der Waals surface area contributed by atoms with Crippen LogP contribution >= 0.6 is 0 Å². The highest BCUT2D eigenvalue weighted by Gasteiger charge is 2.38. The van der Waals surface area contributed by atoms with Crippen LogP contribution in [0.5, 0.6) is 17.2 Å². The molecule has 0 bridgehead atoms. The van der Waals surface area contributed by atoms with Crippen molar-refractivity contribution >= 4 is 11.7 Å². The molecule has 2 aromatic heterocycles. The third-order valence-electron chi connectivity index (χ3n) is 8.62. The Bertz CT molecular complexity index is 1440. The molecule has 1 amide bonds. The van der Waals surface area contributed by atoms with Crippen molar-refractivity contribution in [2.75, 3.05) is 31.6 Å². The Kier molecular flexibility index (Phi) is 8.71. The minimum absolute atomic E-state index is 0.0293. The van der Waals surface area contributed by atoms with Gasteiger partial charge in [-0.2, -0.15) is 0 Å². The fourth-order valence-electron chi connectivity index (χ4n) is 6.23. The summed E-state index contributed by atoms with van der Waals surface area (Å²) in [7, 11) is 1.68. The van der Waals surface area contributed by atoms with E-state index in [4.69, 9.17) is 14.2 Å². The van der Waals surface area contributed by atoms with E-state index in [1.807, 2.05) is 26.1 Å². The van der Waals surface area contributed by atoms with E-state index in [2.05, 4.69) is 25.2 Å². The molecular weight excluding hydrogens is 551 g/mol. The lowest BCUT2D eigenvalue weighted by Gasteiger charge is -2.44. The summed E-state index contributed by atoms with van der Waals surface area (Å²) < 4.78 is 32.7. The third kappa shape index (κ3) is 6.28. The minimum Gasteiger partial charge on any atom is -0.490 e. The number of aromatic nitrogens is 3. The summed E-state index contributed by atoms with van der Waals surface area (Å²) in [5.41, 5.74) is 2.43. The number of pyridine rings is 1. The molecule has 1 N–H and O–H groups in total. The number of ether oxygens (including phenoxy) is 3. The van der Waals surface area contributed by atoms with Gasteiger partial charge >= 0.3 is 0 Å². The van der Waals surface area contributed by atoms with Crippen LogP contribution in [0, 0.1) is 5.82 Å². The summed E-state index contributed by atoms with van der Waals surface area (Å²) in [6.07, 6.45) is 9.14. The molecule has 0 spiro atoms. The second-order valence-corrected chi connectivity index (χ2v) is 11.7. The highest BCUT2D eigenvalue weighted by molar-refractivity contribution is 5.97. The number of rotatable bonds is 9. The van der Waals surface area contributed by atoms with Gasteiger partial charge in [0.05, 0.1) is 17.9 Å². The molecule has 4 heterocycles. The monoisotopic (exact) mass is 590 g/mol. The lowest BCUT2D eigenvalue weighted by atomic mass is 9.86. The first-order valence-electron chi connectivity index (χ1n) is 15.1. The zero-order chi connectivity index (χ0) is 29.9. The maximum atomic E-state index is 14.5. The number of fused-ring (bicyclic) bond motifs is 1. The molecule has 11 heteroatoms. The number of anilines is 1. The van der Waals surface area contributed by atoms with Crippen molar-refractivity contribution in [1.29, 1.82) is 0 Å². The molecule has 3 aromatic rings. The number of benzene rings is 1. The van der Waals surface area contributed by atoms with Gasteiger partial charge in [-0.3, -0.25) is 9.78 Å². The average Bonchev–Trinajstić information content (AvgIpc) is 3.00. The van der Waals surface area contributed by atoms with Crippen molar-refractivity contribution in [3.05, 3.63) is 65.6 Å². The van der Waals surface area contributed by atoms with E-state index < -0.39 is 5.82 Å². The van der Waals surface area contributed by atoms with E-state index in [0.29, 0.717) is 24.7 Å². The van der Waals surface area contributed by atoms with Crippen LogP contribution in [0.25, 0.3) is 0 Å². The largest absolute Gasteiger partial charge is 0.490 e. The Hall–Kier alpha value is -3.83. The molecular formula is C32H39FN6O4. The topological polar surface area (TPSA) is 102 Å². The van der Waals surface area contributed by atoms with E-state index in [1.165, 1.54) is 24.5 Å². The van der Waals surface area contributed by atoms with E-state index >= 15 is 0 Å². The molecule has 43 heavy (non-hydrogen) atoms. The van der Waals surface area contributed by atoms with Gasteiger partial charge in [-0.05, 0) is 51.0 Å². The number of nitrogens with one attached hydrogen (secondary N) is 1. The lowest BCUT2D eigenvalue weighted by Crippen LogP contribution is -2.53. The Morgan fingerprint density at radius 2 is 1.91 bits per heavy atom. The van der Waals surface area contributed by atoms with Gasteiger partial charge in [0.2, 0.25) is 0 Å². The van der Waals surface area contributed by atoms with Crippen LogP contribution < -0.4 is 19.7 Å². The predicted octanol–water partition coefficient (Wildman–Crippen LogP) is 4.52. The number of methoxy groups -OCH3 is 1. The second kappa shape index (κ2) is 12.8. The molecule has 0 radical (unpaired) electrons. The number of nitrogens with zero attached hydrogens (tertiary/aromatic N) is 5. The molecule has 6 rings (SSSR count). The number of hydrogen-bond donors (Lipinski definition) is 1. The zero-order valence-corrected chi connectivity index (χ0v) is 25.0. The molecule has 2 aliphatic heterocycles. The van der Waals surface area contributed by atoms with Gasteiger partial charge in [-0.15, -0.1) is 0 Å². The van der Waals surface area contributed by atoms with Crippen LogP contribution in [0.2, 0.25) is 0 Å². The molecule has 1 saturated heterocycles. The van der Waals surface area contributed by atoms with Gasteiger partial charge in [0.25, 0.3) is 5.91 Å². The fourth-order valence-corrected chi connectivity index (χ4v) is 6.23. The standard InChI is InChI=1S/C32H39FN6O4/c1-20(2)39(22-15-24(16-22)41-3)32(40)25-14-21(33)4-5-28(25)43-30-18-35-19-37-31(30)38-12-8-23(9-13-38)42-29-7-11-36-27-6-10-34-17-26(27)29/h4-5,7,11,14,18-20,22-24,34H,6,8-10,12-13,15-17H2,1-3H3. The summed E-state index contributed by atoms with van der Waals surface area (Å²) >= 11 is 0. The lowest BCUT2D eigenvalue weighted by molar-refractivity contribution is -0.0281. The molecule has 0 unspecified atom stereocenters. The number of hydrogen-bond acceptors (Lipinski definition) is 9. The van der Waals surface area contributed by atoms with E-state index in [9.17, 15) is 9.18 Å². The molecule has 10 nitrogen and oxygen atoms in total. The van der Waals surface area contributed by atoms with Crippen LogP contribution in [0.3, 0.4) is 0 Å². The summed E-state index contributed by atoms with van der Waals surface area (Å²) in [6.45, 7) is 7.06. The molecule has 0 atom stereocenters. The van der Waals surface area contributed by atoms with Crippen molar-refractivity contribution in [3.8, 4) is 17.2 Å². The molecule has 1 aromatic carbocycles. The van der Waals surface area contributed by atoms with E-state index in [-0.39, 0.29) is 41.5 Å². The van der Waals surface area contributed by atoms with Crippen LogP contribution in [0.15, 0.2) is 43.0 Å². The maximum absolute atomic E-state index is 14.5. The Balaban J connectivity index is 1.16. The summed E-state index contributed by atoms with van der Waals surface area (Å²) in [4.78, 5) is 31.0. The Labute approximate surface area is 251 Å². The fraction of sp³-hybridized carbons (Fsp3) is 0.500. The van der Waals surface area contributed by atoms with Gasteiger partial charge in [0.15, 0.2) is 11.6 Å². The van der Waals surface area contributed by atoms with Crippen LogP contribution in [-0.2, 0) is 17.7 Å². The SMILES string of the molecule is COC1CC(N(C(=O)c2cc(F)ccc2Oc2cncnc2N2CCC(Oc3ccnc4c3CNCC4)CC2)C(C)C)C1. The quantitative estimate of drug-likeness (QED) is 0.385. The Morgan fingerprint density at radius 1 is 1.09 bits per heavy atom. The molecule has 2 fully saturated rings. The first kappa shape index (κ1) is 29.3. The van der Waals surface area contributed by atoms with Crippen molar-refractivity contribution in [3.63, 3.8) is 0 Å². The normalized spacial score (nSPS) is 20.3. The number of piperidine rings is 1. The molecule has 1 saturated carbocycles. The predicted molar refractivity (Wildman–Crippen MR) is 159 cm³/mol. The molecule has 228 valence electrons. The van der Waals surface area contributed by atoms with Crippen molar-refractivity contribution < 1.29 is 23.4 Å². The van der Waals surface area contributed by atoms with Gasteiger partial charge < -0.3 is 29.3 Å². The summed E-state index contributed by atoms with van der Waals surface area (Å²) in [5.74, 6) is 1.45. The second-order valence-electron chi connectivity index (χ2n) is 11.7. The number of carbonyl (C=O) groups is 1. The smallest absolute Gasteiger partial charge is 0.258 e. The van der Waals surface area contributed by atoms with Crippen molar-refractivity contribution in [2.45, 2.75) is 76.8 Å². The third-order valence-corrected chi connectivity index (χ3v) is 8.62. The van der Waals surface area contributed by atoms with Gasteiger partial charge in [-0.1, -0.05) is 0 Å². The van der Waals surface area contributed by atoms with Crippen molar-refractivity contribution in [1.82, 2.24) is 25.2 Å². The first-order chi connectivity index (χ1) is 20.9. The van der Waals surface area contributed by atoms with Crippen LogP contribution in [-0.4, -0.2) is 76.8 Å².